The Kier molecular flexibility index (Phi) is 3.48. The number of carbonyl (C=O) groups is 3. The molecule has 1 atom stereocenters. The minimum Gasteiger partial charge on any atom is -0.440 e. The minimum absolute atomic E-state index is 0.168. The predicted molar refractivity (Wildman–Crippen MR) is 57.6 cm³/mol. The smallest absolute Gasteiger partial charge is 0.422 e. The van der Waals surface area contributed by atoms with Crippen LogP contribution in [0.3, 0.4) is 0 Å². The van der Waals surface area contributed by atoms with Crippen molar-refractivity contribution in [3.63, 3.8) is 0 Å². The number of nitrogens with zero attached hydrogens (tertiary/aromatic N) is 1. The number of hydrogen-bond donors (Lipinski definition) is 2. The zero-order valence-electron chi connectivity index (χ0n) is 10.2. The number of ether oxygens (including phenoxy) is 1. The van der Waals surface area contributed by atoms with E-state index in [-0.39, 0.29) is 13.1 Å². The normalized spacial score (nSPS) is 26.4. The molecule has 112 valence electrons. The van der Waals surface area contributed by atoms with Gasteiger partial charge >= 0.3 is 18.3 Å². The molecule has 10 heteroatoms. The van der Waals surface area contributed by atoms with Gasteiger partial charge in [-0.05, 0) is 12.8 Å². The highest BCUT2D eigenvalue weighted by Crippen LogP contribution is 2.25. The van der Waals surface area contributed by atoms with Crippen molar-refractivity contribution in [3.8, 4) is 0 Å². The van der Waals surface area contributed by atoms with Crippen LogP contribution >= 0.6 is 0 Å². The quantitative estimate of drug-likeness (QED) is 0.684. The highest BCUT2D eigenvalue weighted by atomic mass is 19.4. The molecule has 0 aromatic heterocycles. The molecule has 0 bridgehead atoms. The molecule has 1 spiro atoms. The Labute approximate surface area is 111 Å². The summed E-state index contributed by atoms with van der Waals surface area (Å²) in [6, 6.07) is -0.680. The van der Waals surface area contributed by atoms with Gasteiger partial charge in [0, 0.05) is 6.54 Å². The fourth-order valence-corrected chi connectivity index (χ4v) is 2.26. The van der Waals surface area contributed by atoms with E-state index >= 15 is 0 Å². The van der Waals surface area contributed by atoms with Gasteiger partial charge in [0.05, 0.1) is 6.54 Å². The van der Waals surface area contributed by atoms with Crippen LogP contribution in [0.25, 0.3) is 0 Å². The number of imide groups is 1. The lowest BCUT2D eigenvalue weighted by Crippen LogP contribution is -2.59. The van der Waals surface area contributed by atoms with E-state index in [1.54, 1.807) is 0 Å². The molecule has 7 nitrogen and oxygen atoms in total. The van der Waals surface area contributed by atoms with E-state index < -0.39 is 36.4 Å². The van der Waals surface area contributed by atoms with Crippen LogP contribution < -0.4 is 10.6 Å². The Morgan fingerprint density at radius 2 is 2.10 bits per heavy atom. The van der Waals surface area contributed by atoms with Crippen LogP contribution in [0.2, 0.25) is 0 Å². The van der Waals surface area contributed by atoms with Crippen LogP contribution in [-0.4, -0.2) is 54.3 Å². The van der Waals surface area contributed by atoms with Crippen LogP contribution in [0.1, 0.15) is 12.8 Å². The van der Waals surface area contributed by atoms with Gasteiger partial charge in [-0.2, -0.15) is 13.2 Å². The van der Waals surface area contributed by atoms with Gasteiger partial charge < -0.3 is 15.0 Å². The first-order chi connectivity index (χ1) is 9.22. The maximum atomic E-state index is 12.0. The van der Waals surface area contributed by atoms with Crippen LogP contribution in [0.15, 0.2) is 0 Å². The average molecular weight is 295 g/mol. The van der Waals surface area contributed by atoms with Gasteiger partial charge in [0.15, 0.2) is 6.61 Å². The van der Waals surface area contributed by atoms with Crippen molar-refractivity contribution < 1.29 is 32.3 Å². The molecular weight excluding hydrogens is 283 g/mol. The summed E-state index contributed by atoms with van der Waals surface area (Å²) in [4.78, 5) is 35.3. The average Bonchev–Trinajstić information content (AvgIpc) is 2.60. The first-order valence-electron chi connectivity index (χ1n) is 5.84. The topological polar surface area (TPSA) is 87.7 Å². The highest BCUT2D eigenvalue weighted by molar-refractivity contribution is 6.07. The Balaban J connectivity index is 1.99. The minimum atomic E-state index is -4.61. The lowest BCUT2D eigenvalue weighted by Gasteiger charge is -2.37. The lowest BCUT2D eigenvalue weighted by atomic mass is 9.89. The van der Waals surface area contributed by atoms with Gasteiger partial charge in [-0.15, -0.1) is 0 Å². The van der Waals surface area contributed by atoms with Gasteiger partial charge in [-0.3, -0.25) is 10.1 Å². The summed E-state index contributed by atoms with van der Waals surface area (Å²) in [5.74, 6) is -0.587. The predicted octanol–water partition coefficient (Wildman–Crippen LogP) is 0.359. The summed E-state index contributed by atoms with van der Waals surface area (Å²) in [5.41, 5.74) is -1.27. The van der Waals surface area contributed by atoms with Gasteiger partial charge in [-0.25, -0.2) is 9.59 Å². The molecule has 2 aliphatic rings. The van der Waals surface area contributed by atoms with Crippen LogP contribution in [0, 0.1) is 0 Å². The van der Waals surface area contributed by atoms with E-state index in [0.29, 0.717) is 12.8 Å². The Morgan fingerprint density at radius 3 is 2.65 bits per heavy atom. The number of alkyl halides is 3. The van der Waals surface area contributed by atoms with Gasteiger partial charge in [-0.1, -0.05) is 0 Å². The van der Waals surface area contributed by atoms with Crippen LogP contribution in [0.5, 0.6) is 0 Å². The third-order valence-corrected chi connectivity index (χ3v) is 3.12. The van der Waals surface area contributed by atoms with Crippen molar-refractivity contribution in [1.29, 1.82) is 0 Å². The molecule has 1 unspecified atom stereocenters. The van der Waals surface area contributed by atoms with E-state index in [2.05, 4.69) is 10.1 Å². The second kappa shape index (κ2) is 4.84. The summed E-state index contributed by atoms with van der Waals surface area (Å²) in [5, 5.41) is 4.45. The molecule has 0 saturated carbocycles. The van der Waals surface area contributed by atoms with Crippen molar-refractivity contribution >= 4 is 18.0 Å². The number of carbonyl (C=O) groups excluding carboxylic acids is 3. The second-order valence-electron chi connectivity index (χ2n) is 4.69. The number of likely N-dealkylation sites (tertiary alicyclic amines) is 1. The van der Waals surface area contributed by atoms with Crippen molar-refractivity contribution in [3.05, 3.63) is 0 Å². The molecule has 0 aromatic rings. The van der Waals surface area contributed by atoms with Gasteiger partial charge in [0.2, 0.25) is 0 Å². The number of piperidine rings is 1. The molecule has 0 aromatic carbocycles. The van der Waals surface area contributed by atoms with Crippen molar-refractivity contribution in [2.75, 3.05) is 19.7 Å². The van der Waals surface area contributed by atoms with Gasteiger partial charge in [0.1, 0.15) is 5.54 Å². The number of nitrogens with one attached hydrogen (secondary N) is 2. The summed E-state index contributed by atoms with van der Waals surface area (Å²) in [6.07, 6.45) is -5.08. The Morgan fingerprint density at radius 1 is 1.40 bits per heavy atom. The number of hydrogen-bond acceptors (Lipinski definition) is 4. The van der Waals surface area contributed by atoms with E-state index in [1.165, 1.54) is 0 Å². The molecule has 0 aliphatic carbocycles. The SMILES string of the molecule is O=C1NC(=O)C2(CCCN(C(=O)OCC(F)(F)F)C2)N1. The van der Waals surface area contributed by atoms with E-state index in [0.717, 1.165) is 4.90 Å². The molecule has 2 saturated heterocycles. The lowest BCUT2D eigenvalue weighted by molar-refractivity contribution is -0.163. The standard InChI is InChI=1S/C10H12F3N3O4/c11-10(12,13)5-20-8(19)16-3-1-2-9(4-16)6(17)14-7(18)15-9/h1-5H2,(H2,14,15,17,18). The summed E-state index contributed by atoms with van der Waals surface area (Å²) in [7, 11) is 0. The summed E-state index contributed by atoms with van der Waals surface area (Å²) in [6.45, 7) is -1.73. The molecule has 2 aliphatic heterocycles. The van der Waals surface area contributed by atoms with Crippen molar-refractivity contribution in [2.24, 2.45) is 0 Å². The summed E-state index contributed by atoms with van der Waals surface area (Å²) >= 11 is 0. The summed E-state index contributed by atoms with van der Waals surface area (Å²) < 4.78 is 40.1. The van der Waals surface area contributed by atoms with Crippen LogP contribution in [-0.2, 0) is 9.53 Å². The fraction of sp³-hybridized carbons (Fsp3) is 0.700. The third-order valence-electron chi connectivity index (χ3n) is 3.12. The number of urea groups is 1. The van der Waals surface area contributed by atoms with E-state index in [4.69, 9.17) is 0 Å². The molecular formula is C10H12F3N3O4. The molecule has 0 radical (unpaired) electrons. The molecule has 2 rings (SSSR count). The zero-order chi connectivity index (χ0) is 15.0. The number of halogens is 3. The molecule has 20 heavy (non-hydrogen) atoms. The molecule has 2 fully saturated rings. The third kappa shape index (κ3) is 2.94. The molecule has 2 heterocycles. The number of amides is 4. The first kappa shape index (κ1) is 14.4. The Bertz CT molecular complexity index is 454. The maximum absolute atomic E-state index is 12.0. The molecule has 4 amide bonds. The maximum Gasteiger partial charge on any atom is 0.422 e. The second-order valence-corrected chi connectivity index (χ2v) is 4.69. The first-order valence-corrected chi connectivity index (χ1v) is 5.84. The zero-order valence-corrected chi connectivity index (χ0v) is 10.2. The van der Waals surface area contributed by atoms with Crippen molar-refractivity contribution in [1.82, 2.24) is 15.5 Å². The van der Waals surface area contributed by atoms with Crippen LogP contribution in [0.4, 0.5) is 22.8 Å². The van der Waals surface area contributed by atoms with Gasteiger partial charge in [0.25, 0.3) is 5.91 Å². The largest absolute Gasteiger partial charge is 0.440 e. The molecule has 2 N–H and O–H groups in total. The fourth-order valence-electron chi connectivity index (χ4n) is 2.26. The van der Waals surface area contributed by atoms with E-state index in [9.17, 15) is 27.6 Å². The monoisotopic (exact) mass is 295 g/mol. The van der Waals surface area contributed by atoms with Crippen molar-refractivity contribution in [2.45, 2.75) is 24.6 Å². The highest BCUT2D eigenvalue weighted by Gasteiger charge is 2.50. The number of rotatable bonds is 1. The van der Waals surface area contributed by atoms with E-state index in [1.807, 2.05) is 5.32 Å². The Hall–Kier alpha value is -2.00.